The van der Waals surface area contributed by atoms with E-state index in [1.807, 2.05) is 0 Å². The Kier molecular flexibility index (Phi) is 6.57. The molecule has 2 heterocycles. The number of aromatic amines is 1. The molecule has 1 amide bonds. The van der Waals surface area contributed by atoms with E-state index in [1.54, 1.807) is 0 Å². The molecular weight excluding hydrogens is 485 g/mol. The fourth-order valence-electron chi connectivity index (χ4n) is 3.04. The first-order valence-corrected chi connectivity index (χ1v) is 9.22. The number of fused-ring (bicyclic) bond motifs is 1. The SMILES string of the molecule is O=C(NNc1cc(C(F)(F)F)c2cc(N(CC(F)(F)F)CC(F)(F)F)ccc2n1)c1cc[nH]c1. The molecule has 0 saturated heterocycles. The molecule has 0 radical (unpaired) electrons. The average molecular weight is 499 g/mol. The van der Waals surface area contributed by atoms with Gasteiger partial charge in [-0.15, -0.1) is 0 Å². The highest BCUT2D eigenvalue weighted by Gasteiger charge is 2.38. The lowest BCUT2D eigenvalue weighted by Gasteiger charge is -2.27. The van der Waals surface area contributed by atoms with Gasteiger partial charge < -0.3 is 9.88 Å². The fraction of sp³-hybridized carbons (Fsp3) is 0.263. The number of benzene rings is 1. The monoisotopic (exact) mass is 499 g/mol. The summed E-state index contributed by atoms with van der Waals surface area (Å²) in [5, 5.41) is -0.720. The third-order valence-electron chi connectivity index (χ3n) is 4.37. The fourth-order valence-corrected chi connectivity index (χ4v) is 3.04. The van der Waals surface area contributed by atoms with Gasteiger partial charge in [0, 0.05) is 23.5 Å². The number of alkyl halides is 9. The zero-order valence-electron chi connectivity index (χ0n) is 16.7. The number of nitrogens with one attached hydrogen (secondary N) is 3. The minimum atomic E-state index is -5.04. The Balaban J connectivity index is 2.00. The Bertz CT molecular complexity index is 1140. The zero-order chi connectivity index (χ0) is 25.3. The van der Waals surface area contributed by atoms with Crippen LogP contribution in [-0.4, -0.2) is 41.3 Å². The Hall–Kier alpha value is -3.65. The molecular formula is C19H14F9N5O. The van der Waals surface area contributed by atoms with Crippen LogP contribution in [-0.2, 0) is 6.18 Å². The van der Waals surface area contributed by atoms with Gasteiger partial charge in [-0.2, -0.15) is 39.5 Å². The van der Waals surface area contributed by atoms with Crippen molar-refractivity contribution in [1.82, 2.24) is 15.4 Å². The van der Waals surface area contributed by atoms with Crippen molar-refractivity contribution in [3.05, 3.63) is 53.9 Å². The molecule has 2 aromatic heterocycles. The maximum atomic E-state index is 13.7. The third-order valence-corrected chi connectivity index (χ3v) is 4.37. The topological polar surface area (TPSA) is 73.1 Å². The Labute approximate surface area is 184 Å². The number of carbonyl (C=O) groups excluding carboxylic acids is 1. The van der Waals surface area contributed by atoms with Gasteiger partial charge in [-0.05, 0) is 30.3 Å². The average Bonchev–Trinajstić information content (AvgIpc) is 3.22. The lowest BCUT2D eigenvalue weighted by atomic mass is 10.1. The minimum Gasteiger partial charge on any atom is -0.367 e. The number of pyridine rings is 1. The molecule has 0 unspecified atom stereocenters. The van der Waals surface area contributed by atoms with E-state index in [1.165, 1.54) is 18.5 Å². The van der Waals surface area contributed by atoms with Crippen molar-refractivity contribution < 1.29 is 44.3 Å². The summed E-state index contributed by atoms with van der Waals surface area (Å²) in [4.78, 5) is 18.3. The molecule has 0 atom stereocenters. The standard InChI is InChI=1S/C19H14F9N5O/c20-17(21,22)8-33(9-18(23,24)25)11-1-2-14-12(5-11)13(19(26,27)28)6-15(30-14)31-32-16(34)10-3-4-29-7-10/h1-7,29H,8-9H2,(H,30,31)(H,32,34). The van der Waals surface area contributed by atoms with Gasteiger partial charge in [0.15, 0.2) is 0 Å². The molecule has 3 aromatic rings. The van der Waals surface area contributed by atoms with E-state index in [-0.39, 0.29) is 16.0 Å². The maximum absolute atomic E-state index is 13.7. The van der Waals surface area contributed by atoms with Crippen molar-refractivity contribution >= 4 is 28.3 Å². The first-order chi connectivity index (χ1) is 15.6. The van der Waals surface area contributed by atoms with Gasteiger partial charge in [0.1, 0.15) is 18.9 Å². The van der Waals surface area contributed by atoms with Crippen molar-refractivity contribution in [3.8, 4) is 0 Å². The van der Waals surface area contributed by atoms with Crippen LogP contribution in [0, 0.1) is 0 Å². The number of amides is 1. The van der Waals surface area contributed by atoms with E-state index in [9.17, 15) is 44.3 Å². The van der Waals surface area contributed by atoms with E-state index >= 15 is 0 Å². The molecule has 1 aromatic carbocycles. The van der Waals surface area contributed by atoms with Crippen LogP contribution in [0.4, 0.5) is 51.0 Å². The summed E-state index contributed by atoms with van der Waals surface area (Å²) < 4.78 is 118. The number of hydrazine groups is 1. The molecule has 184 valence electrons. The Morgan fingerprint density at radius 3 is 2.12 bits per heavy atom. The third kappa shape index (κ3) is 6.45. The van der Waals surface area contributed by atoms with Gasteiger partial charge in [0.25, 0.3) is 5.91 Å². The molecule has 0 saturated carbocycles. The second-order valence-corrected chi connectivity index (χ2v) is 7.02. The molecule has 0 aliphatic carbocycles. The van der Waals surface area contributed by atoms with E-state index in [2.05, 4.69) is 20.8 Å². The van der Waals surface area contributed by atoms with Crippen LogP contribution in [0.2, 0.25) is 0 Å². The molecule has 0 spiro atoms. The van der Waals surface area contributed by atoms with Crippen molar-refractivity contribution in [2.45, 2.75) is 18.5 Å². The Morgan fingerprint density at radius 1 is 0.941 bits per heavy atom. The lowest BCUT2D eigenvalue weighted by Crippen LogP contribution is -2.40. The molecule has 6 nitrogen and oxygen atoms in total. The summed E-state index contributed by atoms with van der Waals surface area (Å²) in [7, 11) is 0. The minimum absolute atomic E-state index is 0.122. The number of hydrogen-bond donors (Lipinski definition) is 3. The normalized spacial score (nSPS) is 12.6. The summed E-state index contributed by atoms with van der Waals surface area (Å²) in [5.74, 6) is -1.17. The van der Waals surface area contributed by atoms with Gasteiger partial charge >= 0.3 is 18.5 Å². The number of aromatic nitrogens is 2. The van der Waals surface area contributed by atoms with E-state index in [0.29, 0.717) is 12.1 Å². The summed E-state index contributed by atoms with van der Waals surface area (Å²) in [5.41, 5.74) is 2.01. The maximum Gasteiger partial charge on any atom is 0.417 e. The predicted octanol–water partition coefficient (Wildman–Crippen LogP) is 5.27. The number of nitrogens with zero attached hydrogens (tertiary/aromatic N) is 2. The lowest BCUT2D eigenvalue weighted by molar-refractivity contribution is -0.138. The van der Waals surface area contributed by atoms with Gasteiger partial charge in [-0.3, -0.25) is 15.6 Å². The van der Waals surface area contributed by atoms with Crippen LogP contribution in [0.5, 0.6) is 0 Å². The molecule has 3 rings (SSSR count). The second kappa shape index (κ2) is 8.95. The quantitative estimate of drug-likeness (QED) is 0.319. The largest absolute Gasteiger partial charge is 0.417 e. The molecule has 34 heavy (non-hydrogen) atoms. The van der Waals surface area contributed by atoms with E-state index in [4.69, 9.17) is 0 Å². The zero-order valence-corrected chi connectivity index (χ0v) is 16.7. The van der Waals surface area contributed by atoms with E-state index in [0.717, 1.165) is 12.1 Å². The highest BCUT2D eigenvalue weighted by Crippen LogP contribution is 2.38. The number of carbonyl (C=O) groups is 1. The number of rotatable bonds is 6. The van der Waals surface area contributed by atoms with Gasteiger partial charge in [-0.1, -0.05) is 0 Å². The molecule has 15 heteroatoms. The number of H-pyrrole nitrogens is 1. The summed E-state index contributed by atoms with van der Waals surface area (Å²) in [6.07, 6.45) is -12.4. The van der Waals surface area contributed by atoms with Crippen LogP contribution < -0.4 is 15.8 Å². The first kappa shape index (κ1) is 25.0. The first-order valence-electron chi connectivity index (χ1n) is 9.22. The number of hydrogen-bond acceptors (Lipinski definition) is 4. The van der Waals surface area contributed by atoms with Crippen molar-refractivity contribution in [2.24, 2.45) is 0 Å². The number of halogens is 9. The van der Waals surface area contributed by atoms with Crippen LogP contribution in [0.15, 0.2) is 42.7 Å². The highest BCUT2D eigenvalue weighted by molar-refractivity contribution is 5.95. The highest BCUT2D eigenvalue weighted by atomic mass is 19.4. The van der Waals surface area contributed by atoms with Crippen LogP contribution >= 0.6 is 0 Å². The second-order valence-electron chi connectivity index (χ2n) is 7.02. The molecule has 0 bridgehead atoms. The Morgan fingerprint density at radius 2 is 1.59 bits per heavy atom. The summed E-state index contributed by atoms with van der Waals surface area (Å²) in [6.45, 7) is -4.06. The van der Waals surface area contributed by atoms with Crippen molar-refractivity contribution in [2.75, 3.05) is 23.4 Å². The molecule has 3 N–H and O–H groups in total. The number of anilines is 2. The van der Waals surface area contributed by atoms with Crippen LogP contribution in [0.1, 0.15) is 15.9 Å². The van der Waals surface area contributed by atoms with Crippen LogP contribution in [0.3, 0.4) is 0 Å². The van der Waals surface area contributed by atoms with Crippen molar-refractivity contribution in [1.29, 1.82) is 0 Å². The van der Waals surface area contributed by atoms with E-state index < -0.39 is 60.0 Å². The van der Waals surface area contributed by atoms with Gasteiger partial charge in [0.05, 0.1) is 16.6 Å². The van der Waals surface area contributed by atoms with Crippen LogP contribution in [0.25, 0.3) is 10.9 Å². The van der Waals surface area contributed by atoms with Gasteiger partial charge in [0.2, 0.25) is 0 Å². The summed E-state index contributed by atoms with van der Waals surface area (Å²) >= 11 is 0. The smallest absolute Gasteiger partial charge is 0.367 e. The molecule has 0 aliphatic heterocycles. The predicted molar refractivity (Wildman–Crippen MR) is 103 cm³/mol. The molecule has 0 fully saturated rings. The summed E-state index contributed by atoms with van der Waals surface area (Å²) in [6, 6.07) is 4.08. The van der Waals surface area contributed by atoms with Gasteiger partial charge in [-0.25, -0.2) is 4.98 Å². The molecule has 0 aliphatic rings. The van der Waals surface area contributed by atoms with Crippen molar-refractivity contribution in [3.63, 3.8) is 0 Å².